The molecule has 2 atom stereocenters. The zero-order valence-electron chi connectivity index (χ0n) is 19.7. The van der Waals surface area contributed by atoms with E-state index in [-0.39, 0.29) is 41.5 Å². The summed E-state index contributed by atoms with van der Waals surface area (Å²) in [5.74, 6) is -3.10. The molecule has 0 spiro atoms. The predicted octanol–water partition coefficient (Wildman–Crippen LogP) is 6.59. The second kappa shape index (κ2) is 10.0. The molecule has 2 unspecified atom stereocenters. The normalized spacial score (nSPS) is 18.8. The molecule has 2 aromatic carbocycles. The Morgan fingerprint density at radius 2 is 1.76 bits per heavy atom. The highest BCUT2D eigenvalue weighted by Crippen LogP contribution is 2.39. The third-order valence-electron chi connectivity index (χ3n) is 6.62. The maximum absolute atomic E-state index is 14.9. The van der Waals surface area contributed by atoms with Crippen LogP contribution in [0.1, 0.15) is 30.4 Å². The van der Waals surface area contributed by atoms with Crippen molar-refractivity contribution in [2.45, 2.75) is 44.3 Å². The number of nitrogens with one attached hydrogen (secondary N) is 1. The minimum atomic E-state index is -4.81. The number of hydrogen-bond donors (Lipinski definition) is 1. The first kappa shape index (κ1) is 25.6. The summed E-state index contributed by atoms with van der Waals surface area (Å²) in [6.07, 6.45) is -0.968. The third kappa shape index (κ3) is 5.61. The van der Waals surface area contributed by atoms with Gasteiger partial charge in [-0.25, -0.2) is 9.18 Å². The van der Waals surface area contributed by atoms with Crippen molar-refractivity contribution in [1.82, 2.24) is 15.2 Å². The number of carbonyl (C=O) groups is 1. The van der Waals surface area contributed by atoms with Crippen molar-refractivity contribution in [2.75, 3.05) is 0 Å². The molecule has 198 valence electrons. The van der Waals surface area contributed by atoms with Gasteiger partial charge in [0.05, 0.1) is 6.04 Å². The average molecular weight is 533 g/mol. The lowest BCUT2D eigenvalue weighted by Crippen LogP contribution is -2.48. The number of fused-ring (bicyclic) bond motifs is 2. The molecule has 0 aliphatic carbocycles. The largest absolute Gasteiger partial charge is 0.573 e. The van der Waals surface area contributed by atoms with Crippen molar-refractivity contribution in [3.05, 3.63) is 89.5 Å². The summed E-state index contributed by atoms with van der Waals surface area (Å²) in [5.41, 5.74) is 2.00. The SMILES string of the molecule is O=C(NCc1cccc(OC(F)(F)F)c1)N1C2C=C(c3ccc(-c4cc(F)nc(F)c4)c(F)c3)CC1CC2. The van der Waals surface area contributed by atoms with Crippen LogP contribution in [0.2, 0.25) is 0 Å². The average Bonchev–Trinajstić information content (AvgIpc) is 3.10. The van der Waals surface area contributed by atoms with Crippen LogP contribution in [0, 0.1) is 17.7 Å². The van der Waals surface area contributed by atoms with Gasteiger partial charge in [0.1, 0.15) is 11.6 Å². The Hall–Kier alpha value is -4.02. The van der Waals surface area contributed by atoms with Crippen LogP contribution < -0.4 is 10.1 Å². The summed E-state index contributed by atoms with van der Waals surface area (Å²) < 4.78 is 83.2. The molecule has 0 radical (unpaired) electrons. The van der Waals surface area contributed by atoms with Crippen molar-refractivity contribution in [3.8, 4) is 16.9 Å². The summed E-state index contributed by atoms with van der Waals surface area (Å²) in [6, 6.07) is 11.0. The van der Waals surface area contributed by atoms with Crippen LogP contribution in [-0.4, -0.2) is 34.4 Å². The molecule has 11 heteroatoms. The van der Waals surface area contributed by atoms with Gasteiger partial charge in [-0.15, -0.1) is 13.2 Å². The van der Waals surface area contributed by atoms with Crippen molar-refractivity contribution in [3.63, 3.8) is 0 Å². The standard InChI is InChI=1S/C27H21F6N3O2/c28-23-11-16(4-7-22(23)18-12-24(29)35-25(30)13-18)17-9-19-5-6-20(10-17)36(19)26(37)34-14-15-2-1-3-21(8-15)38-27(31,32)33/h1-4,7-9,11-13,19-20H,5-6,10,14H2,(H,34,37). The summed E-state index contributed by atoms with van der Waals surface area (Å²) in [4.78, 5) is 17.7. The Morgan fingerprint density at radius 1 is 1.00 bits per heavy atom. The number of benzene rings is 2. The zero-order chi connectivity index (χ0) is 27.0. The molecule has 1 saturated heterocycles. The number of aromatic nitrogens is 1. The number of carbonyl (C=O) groups excluding carboxylic acids is 1. The highest BCUT2D eigenvalue weighted by Gasteiger charge is 2.39. The maximum atomic E-state index is 14.9. The van der Waals surface area contributed by atoms with E-state index in [1.807, 2.05) is 6.08 Å². The van der Waals surface area contributed by atoms with Gasteiger partial charge < -0.3 is 15.0 Å². The number of ether oxygens (including phenoxy) is 1. The Bertz CT molecular complexity index is 1390. The first-order chi connectivity index (χ1) is 18.1. The van der Waals surface area contributed by atoms with E-state index in [1.165, 1.54) is 30.3 Å². The van der Waals surface area contributed by atoms with Crippen LogP contribution in [0.3, 0.4) is 0 Å². The number of alkyl halides is 3. The van der Waals surface area contributed by atoms with Gasteiger partial charge in [-0.1, -0.05) is 30.3 Å². The molecule has 2 bridgehead atoms. The highest BCUT2D eigenvalue weighted by atomic mass is 19.4. The summed E-state index contributed by atoms with van der Waals surface area (Å²) >= 11 is 0. The van der Waals surface area contributed by atoms with Gasteiger partial charge in [-0.2, -0.15) is 13.8 Å². The van der Waals surface area contributed by atoms with E-state index < -0.39 is 24.1 Å². The number of amides is 2. The third-order valence-corrected chi connectivity index (χ3v) is 6.62. The first-order valence-corrected chi connectivity index (χ1v) is 11.8. The molecule has 38 heavy (non-hydrogen) atoms. The van der Waals surface area contributed by atoms with Crippen molar-refractivity contribution in [2.24, 2.45) is 0 Å². The van der Waals surface area contributed by atoms with E-state index in [0.717, 1.165) is 24.1 Å². The van der Waals surface area contributed by atoms with Crippen LogP contribution in [0.4, 0.5) is 31.1 Å². The second-order valence-corrected chi connectivity index (χ2v) is 9.15. The van der Waals surface area contributed by atoms with E-state index in [9.17, 15) is 31.1 Å². The van der Waals surface area contributed by atoms with Crippen molar-refractivity contribution >= 4 is 11.6 Å². The number of urea groups is 1. The molecule has 3 aromatic rings. The lowest BCUT2D eigenvalue weighted by Gasteiger charge is -2.34. The monoisotopic (exact) mass is 533 g/mol. The van der Waals surface area contributed by atoms with E-state index >= 15 is 0 Å². The Labute approximate surface area is 213 Å². The first-order valence-electron chi connectivity index (χ1n) is 11.8. The highest BCUT2D eigenvalue weighted by molar-refractivity contribution is 5.79. The molecule has 2 amide bonds. The molecule has 1 fully saturated rings. The Kier molecular flexibility index (Phi) is 6.77. The van der Waals surface area contributed by atoms with E-state index in [0.29, 0.717) is 24.0 Å². The molecule has 3 heterocycles. The number of pyridine rings is 1. The fraction of sp³-hybridized carbons (Fsp3) is 0.259. The second-order valence-electron chi connectivity index (χ2n) is 9.15. The minimum Gasteiger partial charge on any atom is -0.406 e. The van der Waals surface area contributed by atoms with Crippen LogP contribution in [0.5, 0.6) is 5.75 Å². The lowest BCUT2D eigenvalue weighted by atomic mass is 9.93. The molecule has 5 rings (SSSR count). The zero-order valence-corrected chi connectivity index (χ0v) is 19.7. The topological polar surface area (TPSA) is 54.5 Å². The van der Waals surface area contributed by atoms with Gasteiger partial charge in [-0.05, 0) is 59.7 Å². The number of halogens is 6. The molecule has 0 saturated carbocycles. The van der Waals surface area contributed by atoms with Gasteiger partial charge in [-0.3, -0.25) is 0 Å². The summed E-state index contributed by atoms with van der Waals surface area (Å²) in [6.45, 7) is 0.0171. The molecular weight excluding hydrogens is 512 g/mol. The Balaban J connectivity index is 1.27. The van der Waals surface area contributed by atoms with Gasteiger partial charge >= 0.3 is 12.4 Å². The summed E-state index contributed by atoms with van der Waals surface area (Å²) in [7, 11) is 0. The summed E-state index contributed by atoms with van der Waals surface area (Å²) in [5, 5.41) is 2.75. The molecule has 2 aliphatic rings. The van der Waals surface area contributed by atoms with E-state index in [2.05, 4.69) is 15.0 Å². The van der Waals surface area contributed by atoms with Gasteiger partial charge in [0.2, 0.25) is 11.9 Å². The van der Waals surface area contributed by atoms with Crippen molar-refractivity contribution < 1.29 is 35.9 Å². The van der Waals surface area contributed by atoms with E-state index in [4.69, 9.17) is 0 Å². The van der Waals surface area contributed by atoms with Gasteiger partial charge in [0.25, 0.3) is 0 Å². The van der Waals surface area contributed by atoms with E-state index in [1.54, 1.807) is 17.0 Å². The fourth-order valence-corrected chi connectivity index (χ4v) is 5.05. The van der Waals surface area contributed by atoms with Crippen LogP contribution >= 0.6 is 0 Å². The quantitative estimate of drug-likeness (QED) is 0.297. The smallest absolute Gasteiger partial charge is 0.406 e. The number of rotatable bonds is 5. The lowest BCUT2D eigenvalue weighted by molar-refractivity contribution is -0.274. The fourth-order valence-electron chi connectivity index (χ4n) is 5.05. The minimum absolute atomic E-state index is 0.0171. The maximum Gasteiger partial charge on any atom is 0.573 e. The number of nitrogens with zero attached hydrogens (tertiary/aromatic N) is 2. The molecule has 1 aromatic heterocycles. The predicted molar refractivity (Wildman–Crippen MR) is 126 cm³/mol. The Morgan fingerprint density at radius 3 is 2.45 bits per heavy atom. The van der Waals surface area contributed by atoms with Crippen LogP contribution in [-0.2, 0) is 6.54 Å². The molecule has 1 N–H and O–H groups in total. The van der Waals surface area contributed by atoms with Gasteiger partial charge in [0, 0.05) is 30.3 Å². The molecule has 2 aliphatic heterocycles. The van der Waals surface area contributed by atoms with Crippen LogP contribution in [0.25, 0.3) is 16.7 Å². The van der Waals surface area contributed by atoms with Gasteiger partial charge in [0.15, 0.2) is 0 Å². The molecule has 5 nitrogen and oxygen atoms in total. The van der Waals surface area contributed by atoms with Crippen LogP contribution in [0.15, 0.2) is 60.7 Å². The molecular formula is C27H21F6N3O2. The van der Waals surface area contributed by atoms with Crippen molar-refractivity contribution in [1.29, 1.82) is 0 Å². The number of hydrogen-bond acceptors (Lipinski definition) is 3.